The van der Waals surface area contributed by atoms with Crippen molar-refractivity contribution in [3.63, 3.8) is 0 Å². The Bertz CT molecular complexity index is 175. The zero-order chi connectivity index (χ0) is 8.82. The number of alkyl halides is 1. The van der Waals surface area contributed by atoms with Gasteiger partial charge >= 0.3 is 0 Å². The van der Waals surface area contributed by atoms with Crippen molar-refractivity contribution in [2.75, 3.05) is 5.33 Å². The van der Waals surface area contributed by atoms with Gasteiger partial charge in [-0.3, -0.25) is 0 Å². The van der Waals surface area contributed by atoms with Gasteiger partial charge in [0.05, 0.1) is 0 Å². The van der Waals surface area contributed by atoms with Crippen LogP contribution in [0.2, 0.25) is 0 Å². The molecule has 2 aliphatic rings. The van der Waals surface area contributed by atoms with Crippen LogP contribution in [0.25, 0.3) is 0 Å². The lowest BCUT2D eigenvalue weighted by molar-refractivity contribution is 0.125. The highest BCUT2D eigenvalue weighted by Gasteiger charge is 2.57. The molecule has 2 fully saturated rings. The van der Waals surface area contributed by atoms with Crippen LogP contribution in [0.1, 0.15) is 46.0 Å². The summed E-state index contributed by atoms with van der Waals surface area (Å²) in [4.78, 5) is 0. The van der Waals surface area contributed by atoms with E-state index in [0.717, 1.165) is 5.92 Å². The summed E-state index contributed by atoms with van der Waals surface area (Å²) < 4.78 is 0. The Balaban J connectivity index is 2.24. The topological polar surface area (TPSA) is 0 Å². The lowest BCUT2D eigenvalue weighted by atomic mass is 9.68. The molecule has 2 rings (SSSR count). The second-order valence-corrected chi connectivity index (χ2v) is 6.01. The van der Waals surface area contributed by atoms with E-state index in [1.54, 1.807) is 0 Å². The predicted octanol–water partition coefficient (Wildman–Crippen LogP) is 3.99. The van der Waals surface area contributed by atoms with Gasteiger partial charge in [0.25, 0.3) is 0 Å². The summed E-state index contributed by atoms with van der Waals surface area (Å²) in [6.45, 7) is 5.00. The van der Waals surface area contributed by atoms with Crippen molar-refractivity contribution < 1.29 is 0 Å². The molecule has 0 aromatic rings. The molecule has 0 aromatic carbocycles. The molecule has 0 atom stereocenters. The first-order chi connectivity index (χ1) is 5.62. The van der Waals surface area contributed by atoms with Crippen LogP contribution in [-0.2, 0) is 0 Å². The van der Waals surface area contributed by atoms with Gasteiger partial charge in [-0.25, -0.2) is 0 Å². The summed E-state index contributed by atoms with van der Waals surface area (Å²) in [6.07, 6.45) is 7.39. The van der Waals surface area contributed by atoms with E-state index in [4.69, 9.17) is 0 Å². The molecule has 0 radical (unpaired) electrons. The normalized spacial score (nSPS) is 43.8. The minimum absolute atomic E-state index is 0.640. The van der Waals surface area contributed by atoms with E-state index in [9.17, 15) is 0 Å². The van der Waals surface area contributed by atoms with E-state index in [1.807, 2.05) is 0 Å². The molecule has 0 aromatic heterocycles. The zero-order valence-corrected chi connectivity index (χ0v) is 9.78. The van der Waals surface area contributed by atoms with Crippen LogP contribution < -0.4 is 0 Å². The summed E-state index contributed by atoms with van der Waals surface area (Å²) >= 11 is 3.61. The highest BCUT2D eigenvalue weighted by atomic mass is 79.9. The number of halogens is 1. The lowest BCUT2D eigenvalue weighted by Gasteiger charge is -2.38. The van der Waals surface area contributed by atoms with Gasteiger partial charge in [0.2, 0.25) is 0 Å². The monoisotopic (exact) mass is 230 g/mol. The van der Waals surface area contributed by atoms with Gasteiger partial charge in [0.15, 0.2) is 0 Å². The third-order valence-corrected chi connectivity index (χ3v) is 5.30. The smallest absolute Gasteiger partial charge is 0.00367 e. The summed E-state index contributed by atoms with van der Waals surface area (Å²) in [6, 6.07) is 0. The molecule has 2 saturated carbocycles. The predicted molar refractivity (Wildman–Crippen MR) is 56.6 cm³/mol. The molecule has 70 valence electrons. The molecule has 0 heterocycles. The summed E-state index contributed by atoms with van der Waals surface area (Å²) in [5.41, 5.74) is 1.35. The Morgan fingerprint density at radius 3 is 2.17 bits per heavy atom. The van der Waals surface area contributed by atoms with E-state index in [2.05, 4.69) is 29.8 Å². The van der Waals surface area contributed by atoms with Crippen LogP contribution in [0, 0.1) is 16.7 Å². The van der Waals surface area contributed by atoms with E-state index < -0.39 is 0 Å². The van der Waals surface area contributed by atoms with Crippen molar-refractivity contribution in [3.8, 4) is 0 Å². The fourth-order valence-corrected chi connectivity index (χ4v) is 4.48. The molecule has 0 N–H and O–H groups in total. The maximum Gasteiger partial charge on any atom is 0.00367 e. The van der Waals surface area contributed by atoms with Crippen LogP contribution in [0.15, 0.2) is 0 Å². The molecule has 0 spiro atoms. The van der Waals surface area contributed by atoms with Crippen molar-refractivity contribution in [2.45, 2.75) is 46.0 Å². The number of fused-ring (bicyclic) bond motifs is 2. The Kier molecular flexibility index (Phi) is 2.06. The summed E-state index contributed by atoms with van der Waals surface area (Å²) in [5, 5.41) is 1.20. The molecule has 12 heavy (non-hydrogen) atoms. The molecule has 0 unspecified atom stereocenters. The van der Waals surface area contributed by atoms with Crippen LogP contribution in [-0.4, -0.2) is 5.33 Å². The fraction of sp³-hybridized carbons (Fsp3) is 1.00. The van der Waals surface area contributed by atoms with E-state index in [-0.39, 0.29) is 0 Å². The van der Waals surface area contributed by atoms with Crippen LogP contribution in [0.3, 0.4) is 0 Å². The third kappa shape index (κ3) is 0.950. The lowest BCUT2D eigenvalue weighted by Crippen LogP contribution is -2.30. The van der Waals surface area contributed by atoms with Gasteiger partial charge in [0.1, 0.15) is 0 Å². The maximum atomic E-state index is 3.61. The molecule has 0 saturated heterocycles. The van der Waals surface area contributed by atoms with E-state index in [0.29, 0.717) is 10.8 Å². The van der Waals surface area contributed by atoms with Crippen LogP contribution in [0.4, 0.5) is 0 Å². The molecular formula is C11H19Br. The van der Waals surface area contributed by atoms with E-state index >= 15 is 0 Å². The second kappa shape index (κ2) is 2.73. The van der Waals surface area contributed by atoms with Crippen molar-refractivity contribution in [2.24, 2.45) is 16.7 Å². The van der Waals surface area contributed by atoms with E-state index in [1.165, 1.54) is 37.4 Å². The second-order valence-electron chi connectivity index (χ2n) is 5.22. The van der Waals surface area contributed by atoms with Crippen LogP contribution in [0.5, 0.6) is 0 Å². The highest BCUT2D eigenvalue weighted by molar-refractivity contribution is 9.09. The van der Waals surface area contributed by atoms with Crippen LogP contribution >= 0.6 is 15.9 Å². The minimum atomic E-state index is 0.640. The number of hydrogen-bond donors (Lipinski definition) is 0. The standard InChI is InChI=1S/C11H19Br/c1-10(2)9-3-5-11(10,6-4-9)7-8-12/h9H,3-8H2,1-2H3. The zero-order valence-electron chi connectivity index (χ0n) is 8.20. The first-order valence-corrected chi connectivity index (χ1v) is 6.30. The minimum Gasteiger partial charge on any atom is -0.0928 e. The molecule has 1 heteroatoms. The fourth-order valence-electron chi connectivity index (χ4n) is 3.72. The van der Waals surface area contributed by atoms with Crippen molar-refractivity contribution in [3.05, 3.63) is 0 Å². The molecule has 2 bridgehead atoms. The van der Waals surface area contributed by atoms with Gasteiger partial charge in [-0.05, 0) is 48.9 Å². The van der Waals surface area contributed by atoms with Crippen molar-refractivity contribution in [1.82, 2.24) is 0 Å². The Morgan fingerprint density at radius 1 is 1.25 bits per heavy atom. The molecule has 0 amide bonds. The van der Waals surface area contributed by atoms with Gasteiger partial charge in [0, 0.05) is 5.33 Å². The summed E-state index contributed by atoms with van der Waals surface area (Å²) in [7, 11) is 0. The Labute approximate surface area is 84.2 Å². The number of rotatable bonds is 2. The van der Waals surface area contributed by atoms with Gasteiger partial charge in [-0.15, -0.1) is 0 Å². The average molecular weight is 231 g/mol. The van der Waals surface area contributed by atoms with Crippen molar-refractivity contribution >= 4 is 15.9 Å². The van der Waals surface area contributed by atoms with Gasteiger partial charge < -0.3 is 0 Å². The Morgan fingerprint density at radius 2 is 1.83 bits per heavy atom. The molecule has 0 aliphatic heterocycles. The first-order valence-electron chi connectivity index (χ1n) is 5.18. The maximum absolute atomic E-state index is 3.61. The first kappa shape index (κ1) is 9.05. The number of hydrogen-bond acceptors (Lipinski definition) is 0. The van der Waals surface area contributed by atoms with Gasteiger partial charge in [-0.2, -0.15) is 0 Å². The largest absolute Gasteiger partial charge is 0.0928 e. The van der Waals surface area contributed by atoms with Crippen molar-refractivity contribution in [1.29, 1.82) is 0 Å². The third-order valence-electron chi connectivity index (χ3n) is 4.90. The average Bonchev–Trinajstić information content (AvgIpc) is 2.39. The molecule has 0 nitrogen and oxygen atoms in total. The quantitative estimate of drug-likeness (QED) is 0.630. The van der Waals surface area contributed by atoms with Gasteiger partial charge in [-0.1, -0.05) is 29.8 Å². The SMILES string of the molecule is CC1(C)C2CCC1(CCBr)CC2. The highest BCUT2D eigenvalue weighted by Crippen LogP contribution is 2.67. The Hall–Kier alpha value is 0.480. The molecule has 2 aliphatic carbocycles. The summed E-state index contributed by atoms with van der Waals surface area (Å²) in [5.74, 6) is 1.04. The molecular weight excluding hydrogens is 212 g/mol.